The highest BCUT2D eigenvalue weighted by molar-refractivity contribution is 6.38. The number of aromatic nitrogens is 4. The van der Waals surface area contributed by atoms with Crippen molar-refractivity contribution >= 4 is 77.9 Å². The lowest BCUT2D eigenvalue weighted by Gasteiger charge is -2.00. The van der Waals surface area contributed by atoms with Crippen LogP contribution in [0.5, 0.6) is 0 Å². The highest BCUT2D eigenvalue weighted by atomic mass is 27.0. The molecule has 2 aromatic carbocycles. The number of nitrogens with zero attached hydrogens (tertiary/aromatic N) is 2. The van der Waals surface area contributed by atoms with E-state index in [9.17, 15) is 0 Å². The van der Waals surface area contributed by atoms with Crippen LogP contribution < -0.4 is 4.43 Å². The van der Waals surface area contributed by atoms with E-state index in [1.807, 2.05) is 42.5 Å². The standard InChI is InChI=1S/C20H14N4.C10H7.Al/c1-2-14-10-16-5-6-18(23-16)12-20-8-7-19(24-20)11-17-4-3-15(22-17)9-13(1)21-14;1-2-6-10-8-4-3-7-9(10)5-1;/h1-12,21-22H;1-7H;. The number of H-pyrrole nitrogens is 2. The summed E-state index contributed by atoms with van der Waals surface area (Å²) in [4.78, 5) is 16.0. The maximum Gasteiger partial charge on any atom is 0.176 e. The van der Waals surface area contributed by atoms with Crippen molar-refractivity contribution in [2.75, 3.05) is 0 Å². The van der Waals surface area contributed by atoms with E-state index in [2.05, 4.69) is 109 Å². The summed E-state index contributed by atoms with van der Waals surface area (Å²) in [6.45, 7) is 0. The summed E-state index contributed by atoms with van der Waals surface area (Å²) in [6.07, 6.45) is 8.05. The molecule has 0 atom stereocenters. The molecule has 7 rings (SSSR count). The number of aromatic amines is 2. The van der Waals surface area contributed by atoms with Crippen LogP contribution in [0.1, 0.15) is 22.8 Å². The molecule has 5 heterocycles. The second kappa shape index (κ2) is 9.23. The zero-order valence-corrected chi connectivity index (χ0v) is 20.1. The van der Waals surface area contributed by atoms with Gasteiger partial charge in [0.15, 0.2) is 16.3 Å². The molecule has 2 aliphatic rings. The number of fused-ring (bicyclic) bond motifs is 9. The van der Waals surface area contributed by atoms with Gasteiger partial charge in [-0.15, -0.1) is 4.43 Å². The predicted molar refractivity (Wildman–Crippen MR) is 148 cm³/mol. The Morgan fingerprint density at radius 1 is 0.486 bits per heavy atom. The van der Waals surface area contributed by atoms with Crippen molar-refractivity contribution < 1.29 is 0 Å². The lowest BCUT2D eigenvalue weighted by atomic mass is 10.1. The van der Waals surface area contributed by atoms with Gasteiger partial charge in [0, 0.05) is 22.1 Å². The predicted octanol–water partition coefficient (Wildman–Crippen LogP) is 6.29. The molecule has 3 aromatic heterocycles. The van der Waals surface area contributed by atoms with Crippen LogP contribution in [-0.4, -0.2) is 36.2 Å². The maximum atomic E-state index is 4.62. The third-order valence-corrected chi connectivity index (χ3v) is 6.37. The summed E-state index contributed by atoms with van der Waals surface area (Å²) in [5.74, 6) is 0. The normalized spacial score (nSPS) is 11.9. The number of benzene rings is 2. The van der Waals surface area contributed by atoms with Crippen molar-refractivity contribution in [3.05, 3.63) is 114 Å². The van der Waals surface area contributed by atoms with Crippen molar-refractivity contribution in [2.24, 2.45) is 0 Å². The van der Waals surface area contributed by atoms with Gasteiger partial charge in [-0.05, 0) is 83.6 Å². The maximum absolute atomic E-state index is 4.62. The van der Waals surface area contributed by atoms with Gasteiger partial charge in [-0.25, -0.2) is 9.97 Å². The van der Waals surface area contributed by atoms with Gasteiger partial charge in [-0.3, -0.25) is 0 Å². The first kappa shape index (κ1) is 21.4. The van der Waals surface area contributed by atoms with Crippen LogP contribution in [0.25, 0.3) is 57.1 Å². The van der Waals surface area contributed by atoms with E-state index in [0.29, 0.717) is 0 Å². The number of hydrogen-bond acceptors (Lipinski definition) is 2. The van der Waals surface area contributed by atoms with Crippen molar-refractivity contribution in [3.8, 4) is 0 Å². The van der Waals surface area contributed by atoms with Gasteiger partial charge in [0.05, 0.1) is 22.8 Å². The first-order valence-electron chi connectivity index (χ1n) is 11.5. The van der Waals surface area contributed by atoms with E-state index in [1.165, 1.54) is 15.2 Å². The largest absolute Gasteiger partial charge is 0.355 e. The number of hydrogen-bond donors (Lipinski definition) is 2. The van der Waals surface area contributed by atoms with E-state index >= 15 is 0 Å². The summed E-state index contributed by atoms with van der Waals surface area (Å²) in [5, 5.41) is 2.63. The monoisotopic (exact) mass is 464 g/mol. The van der Waals surface area contributed by atoms with Gasteiger partial charge >= 0.3 is 0 Å². The summed E-state index contributed by atoms with van der Waals surface area (Å²) in [5.41, 5.74) is 7.86. The first-order valence-corrected chi connectivity index (χ1v) is 12.0. The van der Waals surface area contributed by atoms with Crippen molar-refractivity contribution in [1.29, 1.82) is 0 Å². The van der Waals surface area contributed by atoms with E-state index in [-0.39, 0.29) is 0 Å². The minimum atomic E-state index is 0.915. The fraction of sp³-hybridized carbons (Fsp3) is 0. The van der Waals surface area contributed by atoms with Gasteiger partial charge in [-0.1, -0.05) is 42.5 Å². The smallest absolute Gasteiger partial charge is 0.176 e. The van der Waals surface area contributed by atoms with Gasteiger partial charge in [0.1, 0.15) is 0 Å². The molecule has 8 bridgehead atoms. The number of rotatable bonds is 0. The highest BCUT2D eigenvalue weighted by Crippen LogP contribution is 2.17. The Balaban J connectivity index is 0.000000174. The zero-order chi connectivity index (χ0) is 23.6. The molecule has 0 saturated heterocycles. The molecule has 0 spiro atoms. The Hall–Kier alpha value is -4.17. The van der Waals surface area contributed by atoms with Crippen LogP contribution in [0.2, 0.25) is 0 Å². The molecule has 35 heavy (non-hydrogen) atoms. The van der Waals surface area contributed by atoms with E-state index in [0.717, 1.165) is 44.8 Å². The molecule has 2 radical (unpaired) electrons. The lowest BCUT2D eigenvalue weighted by Crippen LogP contribution is -2.01. The minimum absolute atomic E-state index is 0.915. The molecule has 4 nitrogen and oxygen atoms in total. The fourth-order valence-corrected chi connectivity index (χ4v) is 4.57. The van der Waals surface area contributed by atoms with Crippen LogP contribution in [0.15, 0.2) is 91.0 Å². The summed E-state index contributed by atoms with van der Waals surface area (Å²) >= 11 is 2.74. The molecule has 2 N–H and O–H groups in total. The van der Waals surface area contributed by atoms with Crippen molar-refractivity contribution in [2.45, 2.75) is 0 Å². The third-order valence-electron chi connectivity index (χ3n) is 5.87. The highest BCUT2D eigenvalue weighted by Gasteiger charge is 2.02. The van der Waals surface area contributed by atoms with Crippen LogP contribution >= 0.6 is 0 Å². The molecule has 2 aliphatic heterocycles. The topological polar surface area (TPSA) is 57.4 Å². The molecule has 0 unspecified atom stereocenters. The molecule has 0 saturated carbocycles. The molecular formula is C30H21AlN4. The Kier molecular flexibility index (Phi) is 5.64. The molecule has 0 fully saturated rings. The SMILES string of the molecule is C1=Cc2cc3ccc(cc4ccc(cc5nc(cc1n2)C=C5)[nH]4)[nH]3.[Al][c]1cccc2ccccc12. The Bertz CT molecular complexity index is 1680. The van der Waals surface area contributed by atoms with E-state index in [4.69, 9.17) is 0 Å². The zero-order valence-electron chi connectivity index (χ0n) is 18.9. The van der Waals surface area contributed by atoms with Crippen LogP contribution in [0.3, 0.4) is 0 Å². The Morgan fingerprint density at radius 2 is 0.971 bits per heavy atom. The Labute approximate surface area is 211 Å². The molecule has 5 aromatic rings. The van der Waals surface area contributed by atoms with Crippen molar-refractivity contribution in [3.63, 3.8) is 0 Å². The summed E-state index contributed by atoms with van der Waals surface area (Å²) in [6, 6.07) is 31.1. The molecule has 0 amide bonds. The molecule has 164 valence electrons. The van der Waals surface area contributed by atoms with Gasteiger partial charge in [0.25, 0.3) is 0 Å². The van der Waals surface area contributed by atoms with Gasteiger partial charge in [0.2, 0.25) is 0 Å². The molecule has 0 aliphatic carbocycles. The lowest BCUT2D eigenvalue weighted by molar-refractivity contribution is 1.28. The minimum Gasteiger partial charge on any atom is -0.355 e. The average Bonchev–Trinajstić information content (AvgIpc) is 3.66. The molecule has 5 heteroatoms. The number of nitrogens with one attached hydrogen (secondary N) is 2. The quantitative estimate of drug-likeness (QED) is 0.259. The second-order valence-corrected chi connectivity index (χ2v) is 9.10. The van der Waals surface area contributed by atoms with Crippen LogP contribution in [0.4, 0.5) is 0 Å². The summed E-state index contributed by atoms with van der Waals surface area (Å²) in [7, 11) is 0. The van der Waals surface area contributed by atoms with Crippen LogP contribution in [-0.2, 0) is 0 Å². The second-order valence-electron chi connectivity index (χ2n) is 8.47. The summed E-state index contributed by atoms with van der Waals surface area (Å²) < 4.78 is 1.27. The van der Waals surface area contributed by atoms with Gasteiger partial charge in [-0.2, -0.15) is 0 Å². The van der Waals surface area contributed by atoms with E-state index < -0.39 is 0 Å². The first-order chi connectivity index (χ1) is 17.2. The van der Waals surface area contributed by atoms with Crippen molar-refractivity contribution in [1.82, 2.24) is 19.9 Å². The van der Waals surface area contributed by atoms with E-state index in [1.54, 1.807) is 0 Å². The Morgan fingerprint density at radius 3 is 1.54 bits per heavy atom. The third kappa shape index (κ3) is 4.88. The fourth-order valence-electron chi connectivity index (χ4n) is 4.19. The van der Waals surface area contributed by atoms with Crippen LogP contribution in [0, 0.1) is 0 Å². The van der Waals surface area contributed by atoms with Gasteiger partial charge < -0.3 is 9.97 Å². The molecular weight excluding hydrogens is 443 g/mol. The average molecular weight is 465 g/mol.